The molecule has 0 spiro atoms. The van der Waals surface area contributed by atoms with E-state index in [1.54, 1.807) is 11.8 Å². The second-order valence-electron chi connectivity index (χ2n) is 8.05. The molecule has 0 atom stereocenters. The van der Waals surface area contributed by atoms with Crippen molar-refractivity contribution in [1.82, 2.24) is 19.8 Å². The van der Waals surface area contributed by atoms with Crippen molar-refractivity contribution in [3.05, 3.63) is 71.2 Å². The molecule has 1 aliphatic heterocycles. The van der Waals surface area contributed by atoms with Gasteiger partial charge in [0.2, 0.25) is 5.91 Å². The van der Waals surface area contributed by atoms with Gasteiger partial charge in [0.15, 0.2) is 0 Å². The number of aromatic nitrogens is 2. The number of amides is 1. The van der Waals surface area contributed by atoms with Crippen LogP contribution in [0.1, 0.15) is 29.4 Å². The highest BCUT2D eigenvalue weighted by molar-refractivity contribution is 5.72. The maximum Gasteiger partial charge on any atom is 0.219 e. The number of rotatable bonds is 5. The van der Waals surface area contributed by atoms with Crippen LogP contribution < -0.4 is 0 Å². The van der Waals surface area contributed by atoms with Crippen LogP contribution in [-0.4, -0.2) is 45.8 Å². The lowest BCUT2D eigenvalue weighted by Gasteiger charge is -2.25. The van der Waals surface area contributed by atoms with Gasteiger partial charge in [-0.1, -0.05) is 42.5 Å². The Bertz CT molecular complexity index is 1090. The minimum absolute atomic E-state index is 0.0861. The summed E-state index contributed by atoms with van der Waals surface area (Å²) in [5, 5.41) is 0. The molecule has 0 radical (unpaired) electrons. The molecule has 154 valence electrons. The highest BCUT2D eigenvalue weighted by atomic mass is 16.2. The van der Waals surface area contributed by atoms with Crippen molar-refractivity contribution in [2.45, 2.75) is 27.3 Å². The first-order valence-electron chi connectivity index (χ1n) is 10.3. The third kappa shape index (κ3) is 4.15. The maximum absolute atomic E-state index is 11.4. The predicted molar refractivity (Wildman–Crippen MR) is 122 cm³/mol. The number of hydrogen-bond acceptors (Lipinski definition) is 3. The molecular weight excluding hydrogens is 372 g/mol. The van der Waals surface area contributed by atoms with E-state index < -0.39 is 0 Å². The molecule has 1 aliphatic rings. The second-order valence-corrected chi connectivity index (χ2v) is 8.05. The van der Waals surface area contributed by atoms with E-state index in [2.05, 4.69) is 78.5 Å². The minimum atomic E-state index is 0.0861. The van der Waals surface area contributed by atoms with Crippen molar-refractivity contribution in [1.29, 1.82) is 0 Å². The number of imidazole rings is 1. The first-order chi connectivity index (χ1) is 14.4. The number of nitrogens with zero attached hydrogens (tertiary/aromatic N) is 3. The Morgan fingerprint density at radius 1 is 1.07 bits per heavy atom. The van der Waals surface area contributed by atoms with Crippen LogP contribution >= 0.6 is 0 Å². The fourth-order valence-electron chi connectivity index (χ4n) is 3.57. The van der Waals surface area contributed by atoms with Crippen molar-refractivity contribution in [3.63, 3.8) is 0 Å². The highest BCUT2D eigenvalue weighted by Crippen LogP contribution is 2.27. The molecule has 1 aromatic heterocycles. The molecule has 5 nitrogen and oxygen atoms in total. The van der Waals surface area contributed by atoms with Gasteiger partial charge in [0, 0.05) is 38.8 Å². The topological polar surface area (TPSA) is 52.2 Å². The van der Waals surface area contributed by atoms with Crippen molar-refractivity contribution in [3.8, 4) is 22.5 Å². The van der Waals surface area contributed by atoms with Crippen LogP contribution in [0, 0.1) is 13.8 Å². The van der Waals surface area contributed by atoms with Gasteiger partial charge in [-0.05, 0) is 42.2 Å². The van der Waals surface area contributed by atoms with E-state index in [1.165, 1.54) is 22.3 Å². The van der Waals surface area contributed by atoms with Crippen LogP contribution in [0.3, 0.4) is 0 Å². The summed E-state index contributed by atoms with van der Waals surface area (Å²) in [7, 11) is 1.83. The van der Waals surface area contributed by atoms with Gasteiger partial charge in [-0.2, -0.15) is 0 Å². The number of fused-ring (bicyclic) bond motifs is 1. The molecule has 0 bridgehead atoms. The third-order valence-electron chi connectivity index (χ3n) is 5.87. The van der Waals surface area contributed by atoms with Crippen LogP contribution in [0.4, 0.5) is 0 Å². The van der Waals surface area contributed by atoms with E-state index in [4.69, 9.17) is 4.98 Å². The Morgan fingerprint density at radius 3 is 2.47 bits per heavy atom. The van der Waals surface area contributed by atoms with Gasteiger partial charge in [-0.3, -0.25) is 4.79 Å². The number of aryl methyl sites for hydroxylation is 2. The van der Waals surface area contributed by atoms with Gasteiger partial charge in [0.25, 0.3) is 0 Å². The molecule has 0 saturated carbocycles. The zero-order valence-electron chi connectivity index (χ0n) is 18.1. The van der Waals surface area contributed by atoms with Gasteiger partial charge in [0.1, 0.15) is 5.82 Å². The number of carbonyl (C=O) groups excluding carboxylic acids is 1. The van der Waals surface area contributed by atoms with Crippen LogP contribution in [0.5, 0.6) is 0 Å². The van der Waals surface area contributed by atoms with E-state index in [9.17, 15) is 4.79 Å². The quantitative estimate of drug-likeness (QED) is 0.680. The first kappa shape index (κ1) is 20.0. The van der Waals surface area contributed by atoms with Crippen LogP contribution in [0.25, 0.3) is 28.6 Å². The van der Waals surface area contributed by atoms with Crippen LogP contribution in [0.15, 0.2) is 48.7 Å². The van der Waals surface area contributed by atoms with Crippen LogP contribution in [0.2, 0.25) is 0 Å². The Kier molecular flexibility index (Phi) is 5.44. The Hall–Kier alpha value is -3.34. The minimum Gasteiger partial charge on any atom is -0.370 e. The van der Waals surface area contributed by atoms with Gasteiger partial charge >= 0.3 is 0 Å². The van der Waals surface area contributed by atoms with E-state index in [1.807, 2.05) is 7.05 Å². The maximum atomic E-state index is 11.4. The second kappa shape index (κ2) is 8.19. The fraction of sp³-hybridized carbons (Fsp3) is 0.280. The fourth-order valence-corrected chi connectivity index (χ4v) is 3.57. The number of likely N-dealkylation sites (N-methyl/N-ethyl adjacent to an activating group) is 1. The van der Waals surface area contributed by atoms with Crippen molar-refractivity contribution >= 4 is 12.0 Å². The summed E-state index contributed by atoms with van der Waals surface area (Å²) in [4.78, 5) is 23.6. The predicted octanol–water partition coefficient (Wildman–Crippen LogP) is 4.63. The van der Waals surface area contributed by atoms with E-state index >= 15 is 0 Å². The first-order valence-corrected chi connectivity index (χ1v) is 10.3. The average molecular weight is 401 g/mol. The molecule has 1 N–H and O–H groups in total. The summed E-state index contributed by atoms with van der Waals surface area (Å²) < 4.78 is 0. The molecule has 2 heterocycles. The number of carbonyl (C=O) groups is 1. The molecular formula is C25H28N4O. The molecule has 0 unspecified atom stereocenters. The lowest BCUT2D eigenvalue weighted by atomic mass is 9.99. The summed E-state index contributed by atoms with van der Waals surface area (Å²) in [5.41, 5.74) is 8.23. The molecule has 5 heteroatoms. The zero-order chi connectivity index (χ0) is 21.3. The van der Waals surface area contributed by atoms with Gasteiger partial charge in [-0.25, -0.2) is 4.98 Å². The molecule has 1 amide bonds. The molecule has 4 rings (SSSR count). The van der Waals surface area contributed by atoms with Crippen molar-refractivity contribution in [2.24, 2.45) is 0 Å². The number of aromatic amines is 1. The van der Waals surface area contributed by atoms with E-state index in [-0.39, 0.29) is 5.91 Å². The molecule has 0 aliphatic carbocycles. The summed E-state index contributed by atoms with van der Waals surface area (Å²) in [6.07, 6.45) is 4.13. The lowest BCUT2D eigenvalue weighted by Crippen LogP contribution is -2.33. The smallest absolute Gasteiger partial charge is 0.219 e. The van der Waals surface area contributed by atoms with Crippen LogP contribution in [-0.2, 0) is 11.3 Å². The summed E-state index contributed by atoms with van der Waals surface area (Å²) in [6.45, 7) is 8.11. The van der Waals surface area contributed by atoms with Crippen molar-refractivity contribution in [2.75, 3.05) is 20.1 Å². The third-order valence-corrected chi connectivity index (χ3v) is 5.87. The molecule has 30 heavy (non-hydrogen) atoms. The van der Waals surface area contributed by atoms with Crippen molar-refractivity contribution < 1.29 is 4.79 Å². The van der Waals surface area contributed by atoms with E-state index in [0.717, 1.165) is 35.9 Å². The Morgan fingerprint density at radius 2 is 1.77 bits per heavy atom. The Balaban J connectivity index is 1.47. The standard InChI is InChI=1S/C25H28N4O/c1-17-5-6-22(15-18(17)2)20-7-9-21(10-8-20)25-26-23-11-12-29(16-24(23)27-25)14-13-28(4)19(3)30/h5-12,15H,13-14,16H2,1-4H3,(H,26,27). The summed E-state index contributed by atoms with van der Waals surface area (Å²) in [6, 6.07) is 15.1. The summed E-state index contributed by atoms with van der Waals surface area (Å²) >= 11 is 0. The average Bonchev–Trinajstić information content (AvgIpc) is 3.17. The largest absolute Gasteiger partial charge is 0.370 e. The number of benzene rings is 2. The number of H-pyrrole nitrogens is 1. The van der Waals surface area contributed by atoms with Gasteiger partial charge < -0.3 is 14.8 Å². The van der Waals surface area contributed by atoms with E-state index in [0.29, 0.717) is 6.54 Å². The molecule has 2 aromatic carbocycles. The Labute approximate surface area is 178 Å². The molecule has 3 aromatic rings. The normalized spacial score (nSPS) is 12.7. The van der Waals surface area contributed by atoms with Gasteiger partial charge in [0.05, 0.1) is 17.9 Å². The molecule has 0 fully saturated rings. The lowest BCUT2D eigenvalue weighted by molar-refractivity contribution is -0.127. The molecule has 0 saturated heterocycles. The SMILES string of the molecule is CC(=O)N(C)CCN1C=Cc2[nH]c(-c3ccc(-c4ccc(C)c(C)c4)cc3)nc2C1. The zero-order valence-corrected chi connectivity index (χ0v) is 18.1. The van der Waals surface area contributed by atoms with Gasteiger partial charge in [-0.15, -0.1) is 0 Å². The number of nitrogens with one attached hydrogen (secondary N) is 1. The number of hydrogen-bond donors (Lipinski definition) is 1. The highest BCUT2D eigenvalue weighted by Gasteiger charge is 2.17. The monoisotopic (exact) mass is 400 g/mol. The summed E-state index contributed by atoms with van der Waals surface area (Å²) in [5.74, 6) is 0.974.